The van der Waals surface area contributed by atoms with Crippen LogP contribution in [0, 0.1) is 0 Å². The lowest BCUT2D eigenvalue weighted by molar-refractivity contribution is -0.131. The zero-order chi connectivity index (χ0) is 18.7. The molecule has 1 heterocycles. The number of amides is 1. The lowest BCUT2D eigenvalue weighted by Crippen LogP contribution is -2.52. The molecule has 1 aliphatic heterocycles. The van der Waals surface area contributed by atoms with Gasteiger partial charge in [-0.3, -0.25) is 4.79 Å². The lowest BCUT2D eigenvalue weighted by atomic mass is 10.0. The minimum absolute atomic E-state index is 0. The predicted octanol–water partition coefficient (Wildman–Crippen LogP) is 4.89. The number of anilines is 1. The first-order valence-electron chi connectivity index (χ1n) is 8.39. The number of hydrogen-bond donors (Lipinski definition) is 1. The molecule has 1 atom stereocenters. The van der Waals surface area contributed by atoms with Gasteiger partial charge < -0.3 is 15.1 Å². The molecular weight excluding hydrogens is 405 g/mol. The Morgan fingerprint density at radius 1 is 1.07 bits per heavy atom. The second-order valence-electron chi connectivity index (χ2n) is 6.23. The number of likely N-dealkylation sites (N-methyl/N-ethyl adjacent to an activating group) is 1. The molecule has 3 rings (SSSR count). The van der Waals surface area contributed by atoms with Crippen LogP contribution in [0.25, 0.3) is 0 Å². The highest BCUT2D eigenvalue weighted by atomic mass is 35.5. The van der Waals surface area contributed by atoms with Crippen LogP contribution in [-0.4, -0.2) is 44.0 Å². The SMILES string of the molecule is C.CNCC(=O)N1CCN(c2ccc(Cl)cc2Cl)[C@H](c2ccc(Cl)cc2)C1. The van der Waals surface area contributed by atoms with E-state index in [4.69, 9.17) is 34.8 Å². The summed E-state index contributed by atoms with van der Waals surface area (Å²) in [6, 6.07) is 13.2. The molecule has 1 saturated heterocycles. The van der Waals surface area contributed by atoms with Gasteiger partial charge in [-0.05, 0) is 42.9 Å². The summed E-state index contributed by atoms with van der Waals surface area (Å²) in [5.41, 5.74) is 2.00. The monoisotopic (exact) mass is 427 g/mol. The van der Waals surface area contributed by atoms with Gasteiger partial charge in [-0.15, -0.1) is 0 Å². The molecular formula is C20H24Cl3N3O. The molecule has 0 saturated carbocycles. The van der Waals surface area contributed by atoms with E-state index in [-0.39, 0.29) is 19.4 Å². The summed E-state index contributed by atoms with van der Waals surface area (Å²) in [6.07, 6.45) is 0. The maximum Gasteiger partial charge on any atom is 0.236 e. The Bertz CT molecular complexity index is 783. The zero-order valence-corrected chi connectivity index (χ0v) is 16.7. The third-order valence-electron chi connectivity index (χ3n) is 4.54. The van der Waals surface area contributed by atoms with E-state index in [0.717, 1.165) is 11.3 Å². The molecule has 0 bridgehead atoms. The fourth-order valence-electron chi connectivity index (χ4n) is 3.25. The maximum absolute atomic E-state index is 12.4. The molecule has 0 aromatic heterocycles. The van der Waals surface area contributed by atoms with Crippen molar-refractivity contribution in [2.24, 2.45) is 0 Å². The number of piperazine rings is 1. The average Bonchev–Trinajstić information content (AvgIpc) is 2.62. The maximum atomic E-state index is 12.4. The summed E-state index contributed by atoms with van der Waals surface area (Å²) in [7, 11) is 1.78. The molecule has 0 aliphatic carbocycles. The van der Waals surface area contributed by atoms with Crippen LogP contribution in [0.3, 0.4) is 0 Å². The molecule has 2 aromatic carbocycles. The topological polar surface area (TPSA) is 35.6 Å². The van der Waals surface area contributed by atoms with Gasteiger partial charge in [0.15, 0.2) is 0 Å². The number of rotatable bonds is 4. The molecule has 7 heteroatoms. The van der Waals surface area contributed by atoms with Gasteiger partial charge in [-0.25, -0.2) is 0 Å². The minimum Gasteiger partial charge on any atom is -0.360 e. The van der Waals surface area contributed by atoms with Gasteiger partial charge >= 0.3 is 0 Å². The third-order valence-corrected chi connectivity index (χ3v) is 5.32. The number of benzene rings is 2. The van der Waals surface area contributed by atoms with Crippen LogP contribution in [0.15, 0.2) is 42.5 Å². The Morgan fingerprint density at radius 2 is 1.74 bits per heavy atom. The van der Waals surface area contributed by atoms with Crippen molar-refractivity contribution in [1.29, 1.82) is 0 Å². The largest absolute Gasteiger partial charge is 0.360 e. The van der Waals surface area contributed by atoms with Gasteiger partial charge in [0.25, 0.3) is 0 Å². The molecule has 0 radical (unpaired) electrons. The molecule has 1 N–H and O–H groups in total. The molecule has 4 nitrogen and oxygen atoms in total. The van der Waals surface area contributed by atoms with Crippen LogP contribution >= 0.6 is 34.8 Å². The van der Waals surface area contributed by atoms with E-state index in [1.54, 1.807) is 13.1 Å². The van der Waals surface area contributed by atoms with Crippen molar-refractivity contribution in [3.63, 3.8) is 0 Å². The van der Waals surface area contributed by atoms with Gasteiger partial charge in [-0.1, -0.05) is 54.4 Å². The fraction of sp³-hybridized carbons (Fsp3) is 0.350. The number of carbonyl (C=O) groups is 1. The van der Waals surface area contributed by atoms with Crippen LogP contribution in [0.4, 0.5) is 5.69 Å². The van der Waals surface area contributed by atoms with Gasteiger partial charge in [0, 0.05) is 29.7 Å². The van der Waals surface area contributed by atoms with Crippen molar-refractivity contribution in [1.82, 2.24) is 10.2 Å². The Hall–Kier alpha value is -1.46. The molecule has 27 heavy (non-hydrogen) atoms. The summed E-state index contributed by atoms with van der Waals surface area (Å²) < 4.78 is 0. The normalized spacial score (nSPS) is 16.8. The van der Waals surface area contributed by atoms with Crippen LogP contribution in [0.5, 0.6) is 0 Å². The zero-order valence-electron chi connectivity index (χ0n) is 14.4. The predicted molar refractivity (Wildman–Crippen MR) is 115 cm³/mol. The molecule has 2 aromatic rings. The first-order chi connectivity index (χ1) is 12.5. The summed E-state index contributed by atoms with van der Waals surface area (Å²) >= 11 is 18.5. The van der Waals surface area contributed by atoms with E-state index in [2.05, 4.69) is 10.2 Å². The second-order valence-corrected chi connectivity index (χ2v) is 7.51. The van der Waals surface area contributed by atoms with Crippen LogP contribution < -0.4 is 10.2 Å². The highest BCUT2D eigenvalue weighted by molar-refractivity contribution is 6.36. The smallest absolute Gasteiger partial charge is 0.236 e. The second kappa shape index (κ2) is 9.65. The van der Waals surface area contributed by atoms with Gasteiger partial charge in [0.1, 0.15) is 0 Å². The molecule has 1 aliphatic rings. The van der Waals surface area contributed by atoms with Gasteiger partial charge in [0.05, 0.1) is 23.3 Å². The van der Waals surface area contributed by atoms with Gasteiger partial charge in [0.2, 0.25) is 5.91 Å². The molecule has 146 valence electrons. The average molecular weight is 429 g/mol. The van der Waals surface area contributed by atoms with Crippen molar-refractivity contribution in [2.75, 3.05) is 38.1 Å². The quantitative estimate of drug-likeness (QED) is 0.753. The number of halogens is 3. The summed E-state index contributed by atoms with van der Waals surface area (Å²) in [6.45, 7) is 2.24. The summed E-state index contributed by atoms with van der Waals surface area (Å²) in [5, 5.41) is 4.82. The van der Waals surface area contributed by atoms with E-state index in [1.807, 2.05) is 41.3 Å². The number of carbonyl (C=O) groups excluding carboxylic acids is 1. The van der Waals surface area contributed by atoms with Crippen LogP contribution in [0.1, 0.15) is 19.0 Å². The van der Waals surface area contributed by atoms with Crippen molar-refractivity contribution in [3.8, 4) is 0 Å². The molecule has 0 unspecified atom stereocenters. The highest BCUT2D eigenvalue weighted by Gasteiger charge is 2.31. The standard InChI is InChI=1S/C19H20Cl3N3O.CH4/c1-23-11-19(26)24-8-9-25(17-7-6-15(21)10-16(17)22)18(12-24)13-2-4-14(20)5-3-13;/h2-7,10,18,23H,8-9,11-12H2,1H3;1H4/t18-;/m0./s1. The highest BCUT2D eigenvalue weighted by Crippen LogP contribution is 2.36. The Morgan fingerprint density at radius 3 is 2.37 bits per heavy atom. The van der Waals surface area contributed by atoms with Crippen molar-refractivity contribution < 1.29 is 4.79 Å². The Kier molecular flexibility index (Phi) is 7.80. The molecule has 1 fully saturated rings. The number of nitrogens with one attached hydrogen (secondary N) is 1. The number of nitrogens with zero attached hydrogens (tertiary/aromatic N) is 2. The molecule has 1 amide bonds. The van der Waals surface area contributed by atoms with E-state index < -0.39 is 0 Å². The first-order valence-corrected chi connectivity index (χ1v) is 9.52. The summed E-state index contributed by atoms with van der Waals surface area (Å²) in [4.78, 5) is 16.5. The third kappa shape index (κ3) is 5.08. The summed E-state index contributed by atoms with van der Waals surface area (Å²) in [5.74, 6) is 0.0910. The number of hydrogen-bond acceptors (Lipinski definition) is 3. The van der Waals surface area contributed by atoms with Crippen molar-refractivity contribution >= 4 is 46.4 Å². The van der Waals surface area contributed by atoms with Crippen LogP contribution in [-0.2, 0) is 4.79 Å². The van der Waals surface area contributed by atoms with E-state index in [0.29, 0.717) is 41.2 Å². The molecule has 0 spiro atoms. The Balaban J connectivity index is 0.00000261. The van der Waals surface area contributed by atoms with Crippen LogP contribution in [0.2, 0.25) is 15.1 Å². The van der Waals surface area contributed by atoms with E-state index in [1.165, 1.54) is 0 Å². The van der Waals surface area contributed by atoms with Gasteiger partial charge in [-0.2, -0.15) is 0 Å². The fourth-order valence-corrected chi connectivity index (χ4v) is 3.89. The first kappa shape index (κ1) is 21.8. The van der Waals surface area contributed by atoms with Crippen molar-refractivity contribution in [3.05, 3.63) is 63.1 Å². The van der Waals surface area contributed by atoms with E-state index in [9.17, 15) is 4.79 Å². The lowest BCUT2D eigenvalue weighted by Gasteiger charge is -2.43. The van der Waals surface area contributed by atoms with Crippen molar-refractivity contribution in [2.45, 2.75) is 13.5 Å². The minimum atomic E-state index is -0.0134. The van der Waals surface area contributed by atoms with E-state index >= 15 is 0 Å². The Labute approximate surface area is 176 Å².